The number of pyridine rings is 2. The number of carbonyl (C=O) groups is 4. The third-order valence-corrected chi connectivity index (χ3v) is 11.4. The summed E-state index contributed by atoms with van der Waals surface area (Å²) < 4.78 is 8.37. The van der Waals surface area contributed by atoms with Gasteiger partial charge in [-0.1, -0.05) is 24.1 Å². The third kappa shape index (κ3) is 8.95. The Hall–Kier alpha value is -5.94. The summed E-state index contributed by atoms with van der Waals surface area (Å²) in [5.74, 6) is 5.76. The van der Waals surface area contributed by atoms with Gasteiger partial charge in [0.05, 0.1) is 23.7 Å². The topological polar surface area (TPSA) is 133 Å². The highest BCUT2D eigenvalue weighted by Gasteiger charge is 2.31. The van der Waals surface area contributed by atoms with Crippen LogP contribution < -0.4 is 10.2 Å². The monoisotopic (exact) mass is 782 g/mol. The van der Waals surface area contributed by atoms with Crippen LogP contribution in [-0.2, 0) is 21.4 Å². The Kier molecular flexibility index (Phi) is 12.9. The van der Waals surface area contributed by atoms with Crippen molar-refractivity contribution in [1.29, 1.82) is 0 Å². The fraction of sp³-hybridized carbons (Fsp3) is 0.378. The van der Waals surface area contributed by atoms with E-state index in [4.69, 9.17) is 4.74 Å². The molecular weight excluding hydrogens is 733 g/mol. The van der Waals surface area contributed by atoms with Crippen molar-refractivity contribution < 1.29 is 23.9 Å². The fourth-order valence-electron chi connectivity index (χ4n) is 7.83. The van der Waals surface area contributed by atoms with Crippen LogP contribution in [0.3, 0.4) is 0 Å². The largest absolute Gasteiger partial charge is 0.374 e. The van der Waals surface area contributed by atoms with E-state index >= 15 is 0 Å². The van der Waals surface area contributed by atoms with Crippen molar-refractivity contribution in [1.82, 2.24) is 34.6 Å². The first-order valence-electron chi connectivity index (χ1n) is 19.9. The summed E-state index contributed by atoms with van der Waals surface area (Å²) in [4.78, 5) is 65.9. The minimum atomic E-state index is -0.826. The Morgan fingerprint density at radius 3 is 2.50 bits per heavy atom. The maximum absolute atomic E-state index is 13.5. The minimum absolute atomic E-state index is 0.0899. The van der Waals surface area contributed by atoms with E-state index in [0.29, 0.717) is 32.5 Å². The van der Waals surface area contributed by atoms with Crippen molar-refractivity contribution in [3.05, 3.63) is 90.0 Å². The summed E-state index contributed by atoms with van der Waals surface area (Å²) in [6.45, 7) is 7.68. The zero-order chi connectivity index (χ0) is 40.6. The van der Waals surface area contributed by atoms with Crippen LogP contribution in [0.5, 0.6) is 0 Å². The van der Waals surface area contributed by atoms with Crippen molar-refractivity contribution in [2.75, 3.05) is 78.0 Å². The molecule has 5 heterocycles. The molecule has 0 aliphatic carbocycles. The average molecular weight is 783 g/mol. The molecule has 2 aliphatic heterocycles. The lowest BCUT2D eigenvalue weighted by Crippen LogP contribution is -2.52. The molecule has 1 atom stereocenters. The predicted octanol–water partition coefficient (Wildman–Crippen LogP) is 4.03. The van der Waals surface area contributed by atoms with E-state index in [1.54, 1.807) is 12.1 Å². The van der Waals surface area contributed by atoms with Crippen LogP contribution in [0.1, 0.15) is 45.7 Å². The molecule has 300 valence electrons. The van der Waals surface area contributed by atoms with Gasteiger partial charge in [-0.15, -0.1) is 0 Å². The summed E-state index contributed by atoms with van der Waals surface area (Å²) in [6, 6.07) is 17.0. The van der Waals surface area contributed by atoms with Gasteiger partial charge in [-0.25, -0.2) is 4.98 Å². The lowest BCUT2D eigenvalue weighted by atomic mass is 10.0. The lowest BCUT2D eigenvalue weighted by molar-refractivity contribution is -0.125. The first kappa shape index (κ1) is 40.3. The number of amides is 2. The standard InChI is InChI=1S/C45H50N8O5/c1-46-44(56)42(8-5-23-54)50(3)45(57)39-26-36(13-10-34(39)31-55)53-29-37(30-53)58-24-6-18-52-21-19-51(20-22-52)17-4-7-35-12-9-33(27-48-35)32-11-14-38-40-28-47-16-15-41(40)49(2)43(38)25-32/h9-16,23,25-28,31,37,42H,5-6,8,17-22,24,29-30H2,1-3H3,(H,46,56). The molecule has 5 aromatic rings. The molecule has 0 bridgehead atoms. The molecule has 3 aromatic heterocycles. The number of likely N-dealkylation sites (N-methyl/N-ethyl adjacent to an activating group) is 2. The Bertz CT molecular complexity index is 2330. The normalized spacial score (nSPS) is 15.4. The molecule has 2 saturated heterocycles. The predicted molar refractivity (Wildman–Crippen MR) is 225 cm³/mol. The Labute approximate surface area is 338 Å². The van der Waals surface area contributed by atoms with Crippen LogP contribution >= 0.6 is 0 Å². The van der Waals surface area contributed by atoms with Crippen LogP contribution in [0.2, 0.25) is 0 Å². The van der Waals surface area contributed by atoms with Gasteiger partial charge in [0.2, 0.25) is 5.91 Å². The van der Waals surface area contributed by atoms with Gasteiger partial charge in [0.15, 0.2) is 6.29 Å². The maximum atomic E-state index is 13.5. The first-order chi connectivity index (χ1) is 28.3. The zero-order valence-corrected chi connectivity index (χ0v) is 33.4. The first-order valence-corrected chi connectivity index (χ1v) is 19.9. The molecule has 2 aromatic carbocycles. The van der Waals surface area contributed by atoms with Crippen LogP contribution in [0.15, 0.2) is 73.2 Å². The van der Waals surface area contributed by atoms with Crippen molar-refractivity contribution in [2.24, 2.45) is 7.05 Å². The second-order valence-corrected chi connectivity index (χ2v) is 15.0. The van der Waals surface area contributed by atoms with Gasteiger partial charge in [0, 0.05) is 132 Å². The minimum Gasteiger partial charge on any atom is -0.374 e. The number of nitrogens with zero attached hydrogens (tertiary/aromatic N) is 7. The van der Waals surface area contributed by atoms with Crippen molar-refractivity contribution >= 4 is 51.9 Å². The van der Waals surface area contributed by atoms with Gasteiger partial charge in [0.25, 0.3) is 5.91 Å². The molecule has 13 heteroatoms. The van der Waals surface area contributed by atoms with Gasteiger partial charge in [-0.2, -0.15) is 0 Å². The number of hydrogen-bond acceptors (Lipinski definition) is 10. The number of carbonyl (C=O) groups excluding carboxylic acids is 4. The molecule has 0 saturated carbocycles. The SMILES string of the molecule is CNC(=O)C(CCC=O)N(C)C(=O)c1cc(N2CC(OCCCN3CCN(CC#Cc4ccc(-c5ccc6c7cnccc7n(C)c6c5)cn4)CC3)C2)ccc1C=O. The number of hydrogen-bond donors (Lipinski definition) is 1. The third-order valence-electron chi connectivity index (χ3n) is 11.4. The van der Waals surface area contributed by atoms with Crippen LogP contribution in [0, 0.1) is 11.8 Å². The van der Waals surface area contributed by atoms with Gasteiger partial charge >= 0.3 is 0 Å². The molecule has 2 fully saturated rings. The Morgan fingerprint density at radius 2 is 1.76 bits per heavy atom. The van der Waals surface area contributed by atoms with Crippen LogP contribution in [-0.4, -0.2) is 139 Å². The Balaban J connectivity index is 0.809. The second-order valence-electron chi connectivity index (χ2n) is 15.0. The van der Waals surface area contributed by atoms with Crippen LogP contribution in [0.4, 0.5) is 5.69 Å². The average Bonchev–Trinajstić information content (AvgIpc) is 3.53. The van der Waals surface area contributed by atoms with E-state index in [9.17, 15) is 19.2 Å². The number of ether oxygens (including phenoxy) is 1. The van der Waals surface area contributed by atoms with E-state index in [1.165, 1.54) is 35.4 Å². The molecule has 58 heavy (non-hydrogen) atoms. The second kappa shape index (κ2) is 18.5. The van der Waals surface area contributed by atoms with E-state index in [2.05, 4.69) is 77.7 Å². The van der Waals surface area contributed by atoms with E-state index in [-0.39, 0.29) is 36.0 Å². The number of anilines is 1. The van der Waals surface area contributed by atoms with Gasteiger partial charge < -0.3 is 34.1 Å². The highest BCUT2D eigenvalue weighted by Crippen LogP contribution is 2.31. The fourth-order valence-corrected chi connectivity index (χ4v) is 7.83. The summed E-state index contributed by atoms with van der Waals surface area (Å²) in [5.41, 5.74) is 6.57. The number of fused-ring (bicyclic) bond motifs is 3. The van der Waals surface area contributed by atoms with Crippen LogP contribution in [0.25, 0.3) is 32.9 Å². The number of piperazine rings is 1. The van der Waals surface area contributed by atoms with Gasteiger partial charge in [0.1, 0.15) is 18.0 Å². The molecule has 0 radical (unpaired) electrons. The number of benzene rings is 2. The molecule has 7 rings (SSSR count). The quantitative estimate of drug-likeness (QED) is 0.0944. The number of aromatic nitrogens is 3. The number of rotatable bonds is 15. The van der Waals surface area contributed by atoms with E-state index < -0.39 is 11.9 Å². The van der Waals surface area contributed by atoms with E-state index in [0.717, 1.165) is 73.3 Å². The number of aldehydes is 2. The molecule has 13 nitrogen and oxygen atoms in total. The smallest absolute Gasteiger partial charge is 0.255 e. The Morgan fingerprint density at radius 1 is 0.966 bits per heavy atom. The lowest BCUT2D eigenvalue weighted by Gasteiger charge is -2.41. The number of aryl methyl sites for hydroxylation is 1. The molecule has 2 aliphatic rings. The van der Waals surface area contributed by atoms with Crippen molar-refractivity contribution in [3.8, 4) is 23.0 Å². The molecule has 0 spiro atoms. The van der Waals surface area contributed by atoms with Gasteiger partial charge in [-0.3, -0.25) is 24.3 Å². The molecule has 2 amide bonds. The van der Waals surface area contributed by atoms with Crippen molar-refractivity contribution in [3.63, 3.8) is 0 Å². The highest BCUT2D eigenvalue weighted by atomic mass is 16.5. The summed E-state index contributed by atoms with van der Waals surface area (Å²) >= 11 is 0. The maximum Gasteiger partial charge on any atom is 0.255 e. The van der Waals surface area contributed by atoms with Gasteiger partial charge in [-0.05, 0) is 60.7 Å². The summed E-state index contributed by atoms with van der Waals surface area (Å²) in [6.07, 6.45) is 8.39. The van der Waals surface area contributed by atoms with E-state index in [1.807, 2.05) is 36.8 Å². The zero-order valence-electron chi connectivity index (χ0n) is 33.4. The molecule has 1 unspecified atom stereocenters. The molecule has 1 N–H and O–H groups in total. The molecular formula is C45H50N8O5. The number of nitrogens with one attached hydrogen (secondary N) is 1. The van der Waals surface area contributed by atoms with Crippen molar-refractivity contribution in [2.45, 2.75) is 31.4 Å². The summed E-state index contributed by atoms with van der Waals surface area (Å²) in [5, 5.41) is 4.91. The summed E-state index contributed by atoms with van der Waals surface area (Å²) in [7, 11) is 5.09. The highest BCUT2D eigenvalue weighted by molar-refractivity contribution is 6.08.